The zero-order valence-corrected chi connectivity index (χ0v) is 14.2. The maximum atomic E-state index is 10.7. The van der Waals surface area contributed by atoms with Crippen LogP contribution in [-0.2, 0) is 0 Å². The second-order valence-electron chi connectivity index (χ2n) is 4.75. The molecule has 1 aromatic heterocycles. The van der Waals surface area contributed by atoms with Crippen LogP contribution in [0.25, 0.3) is 11.5 Å². The number of rotatable bonds is 4. The average molecular weight is 435 g/mol. The molecule has 3 rings (SSSR count). The molecule has 3 aromatic rings. The summed E-state index contributed by atoms with van der Waals surface area (Å²) in [5, 5.41) is 20.5. The minimum atomic E-state index is -0.490. The van der Waals surface area contributed by atoms with Gasteiger partial charge >= 0.3 is 5.95 Å². The minimum absolute atomic E-state index is 0.0324. The first-order valence-corrected chi connectivity index (χ1v) is 7.85. The van der Waals surface area contributed by atoms with Crippen LogP contribution in [0.15, 0.2) is 57.9 Å². The van der Waals surface area contributed by atoms with E-state index in [4.69, 9.17) is 4.42 Å². The lowest BCUT2D eigenvalue weighted by atomic mass is 10.2. The van der Waals surface area contributed by atoms with Crippen LogP contribution in [0.1, 0.15) is 5.69 Å². The number of aliphatic imine (C=N–C) groups is 1. The van der Waals surface area contributed by atoms with Gasteiger partial charge in [0.25, 0.3) is 5.69 Å². The molecule has 0 amide bonds. The predicted molar refractivity (Wildman–Crippen MR) is 96.7 cm³/mol. The van der Waals surface area contributed by atoms with Gasteiger partial charge in [-0.25, -0.2) is 4.98 Å². The van der Waals surface area contributed by atoms with E-state index in [-0.39, 0.29) is 23.2 Å². The van der Waals surface area contributed by atoms with Crippen molar-refractivity contribution in [2.45, 2.75) is 0 Å². The summed E-state index contributed by atoms with van der Waals surface area (Å²) in [6.07, 6.45) is 1.40. The van der Waals surface area contributed by atoms with E-state index in [0.717, 1.165) is 9.26 Å². The van der Waals surface area contributed by atoms with Crippen LogP contribution in [0.3, 0.4) is 0 Å². The van der Waals surface area contributed by atoms with E-state index in [1.54, 1.807) is 0 Å². The number of aromatic hydroxyl groups is 1. The molecule has 7 nitrogen and oxygen atoms in total. The minimum Gasteiger partial charge on any atom is -0.479 e. The summed E-state index contributed by atoms with van der Waals surface area (Å²) >= 11 is 2.20. The number of oxazole rings is 1. The highest BCUT2D eigenvalue weighted by Gasteiger charge is 2.13. The van der Waals surface area contributed by atoms with Crippen LogP contribution in [-0.4, -0.2) is 21.2 Å². The van der Waals surface area contributed by atoms with Gasteiger partial charge < -0.3 is 9.52 Å². The third kappa shape index (κ3) is 3.59. The van der Waals surface area contributed by atoms with E-state index in [2.05, 4.69) is 32.6 Å². The molecular weight excluding hydrogens is 425 g/mol. The fourth-order valence-electron chi connectivity index (χ4n) is 1.92. The van der Waals surface area contributed by atoms with Gasteiger partial charge in [0.15, 0.2) is 5.69 Å². The SMILES string of the molecule is O=[N+]([O-])c1ccc(-c2nc(C=Nc3ccc(I)cc3)c(O)o2)cc1. The number of hydrogen-bond acceptors (Lipinski definition) is 6. The van der Waals surface area contributed by atoms with Crippen molar-refractivity contribution in [1.29, 1.82) is 0 Å². The highest BCUT2D eigenvalue weighted by atomic mass is 127. The molecule has 120 valence electrons. The zero-order chi connectivity index (χ0) is 17.1. The third-order valence-corrected chi connectivity index (χ3v) is 3.84. The molecule has 0 saturated carbocycles. The molecule has 0 saturated heterocycles. The van der Waals surface area contributed by atoms with E-state index in [1.165, 1.54) is 30.5 Å². The summed E-state index contributed by atoms with van der Waals surface area (Å²) in [6, 6.07) is 13.2. The van der Waals surface area contributed by atoms with Gasteiger partial charge in [0.1, 0.15) is 0 Å². The number of nitro benzene ring substituents is 1. The van der Waals surface area contributed by atoms with Crippen molar-refractivity contribution in [2.24, 2.45) is 4.99 Å². The molecule has 1 N–H and O–H groups in total. The fourth-order valence-corrected chi connectivity index (χ4v) is 2.28. The molecule has 0 radical (unpaired) electrons. The van der Waals surface area contributed by atoms with Crippen LogP contribution in [0, 0.1) is 13.7 Å². The standard InChI is InChI=1S/C16H10IN3O4/c17-11-3-5-12(6-4-11)18-9-14-16(21)24-15(19-14)10-1-7-13(8-2-10)20(22)23/h1-9,21H. The molecule has 0 fully saturated rings. The highest BCUT2D eigenvalue weighted by molar-refractivity contribution is 14.1. The number of benzene rings is 2. The molecule has 24 heavy (non-hydrogen) atoms. The number of nitro groups is 1. The molecule has 0 aliphatic heterocycles. The van der Waals surface area contributed by atoms with Crippen molar-refractivity contribution in [3.05, 3.63) is 67.9 Å². The van der Waals surface area contributed by atoms with Crippen molar-refractivity contribution in [2.75, 3.05) is 0 Å². The first-order valence-electron chi connectivity index (χ1n) is 6.77. The van der Waals surface area contributed by atoms with Gasteiger partial charge in [0.05, 0.1) is 16.8 Å². The topological polar surface area (TPSA) is 102 Å². The lowest BCUT2D eigenvalue weighted by Gasteiger charge is -1.94. The van der Waals surface area contributed by atoms with Crippen LogP contribution in [0.4, 0.5) is 11.4 Å². The van der Waals surface area contributed by atoms with Crippen molar-refractivity contribution in [3.8, 4) is 17.4 Å². The largest absolute Gasteiger partial charge is 0.479 e. The van der Waals surface area contributed by atoms with E-state index < -0.39 is 4.92 Å². The first-order chi connectivity index (χ1) is 11.5. The number of hydrogen-bond donors (Lipinski definition) is 1. The summed E-state index contributed by atoms with van der Waals surface area (Å²) in [5.74, 6) is -0.205. The van der Waals surface area contributed by atoms with Gasteiger partial charge in [-0.3, -0.25) is 15.1 Å². The molecule has 0 aliphatic carbocycles. The Morgan fingerprint density at radius 3 is 2.46 bits per heavy atom. The molecule has 0 spiro atoms. The number of halogens is 1. The molecule has 1 heterocycles. The average Bonchev–Trinajstić information content (AvgIpc) is 2.95. The molecular formula is C16H10IN3O4. The molecule has 0 unspecified atom stereocenters. The Kier molecular flexibility index (Phi) is 4.56. The van der Waals surface area contributed by atoms with Gasteiger partial charge in [-0.2, -0.15) is 0 Å². The van der Waals surface area contributed by atoms with Gasteiger partial charge in [-0.15, -0.1) is 0 Å². The van der Waals surface area contributed by atoms with Crippen LogP contribution in [0.2, 0.25) is 0 Å². The summed E-state index contributed by atoms with van der Waals surface area (Å²) in [4.78, 5) is 18.5. The van der Waals surface area contributed by atoms with Crippen molar-refractivity contribution < 1.29 is 14.4 Å². The molecule has 0 atom stereocenters. The quantitative estimate of drug-likeness (QED) is 0.285. The van der Waals surface area contributed by atoms with Crippen molar-refractivity contribution in [1.82, 2.24) is 4.98 Å². The van der Waals surface area contributed by atoms with Crippen LogP contribution >= 0.6 is 22.6 Å². The van der Waals surface area contributed by atoms with Gasteiger partial charge in [0.2, 0.25) is 5.89 Å². The Morgan fingerprint density at radius 2 is 1.83 bits per heavy atom. The maximum absolute atomic E-state index is 10.7. The summed E-state index contributed by atoms with van der Waals surface area (Å²) in [6.45, 7) is 0. The van der Waals surface area contributed by atoms with Crippen molar-refractivity contribution >= 4 is 40.2 Å². The Balaban J connectivity index is 1.84. The Bertz CT molecular complexity index is 902. The lowest BCUT2D eigenvalue weighted by Crippen LogP contribution is -1.87. The Hall–Kier alpha value is -2.75. The summed E-state index contributed by atoms with van der Waals surface area (Å²) < 4.78 is 6.28. The Morgan fingerprint density at radius 1 is 1.17 bits per heavy atom. The molecule has 8 heteroatoms. The monoisotopic (exact) mass is 435 g/mol. The number of aromatic nitrogens is 1. The van der Waals surface area contributed by atoms with Gasteiger partial charge in [-0.1, -0.05) is 0 Å². The van der Waals surface area contributed by atoms with Crippen LogP contribution in [0.5, 0.6) is 5.95 Å². The van der Waals surface area contributed by atoms with Crippen LogP contribution < -0.4 is 0 Å². The van der Waals surface area contributed by atoms with Crippen molar-refractivity contribution in [3.63, 3.8) is 0 Å². The van der Waals surface area contributed by atoms with Gasteiger partial charge in [0, 0.05) is 21.3 Å². The Labute approximate surface area is 150 Å². The highest BCUT2D eigenvalue weighted by Crippen LogP contribution is 2.27. The summed E-state index contributed by atoms with van der Waals surface area (Å²) in [7, 11) is 0. The molecule has 0 aliphatic rings. The summed E-state index contributed by atoms with van der Waals surface area (Å²) in [5.41, 5.74) is 1.39. The molecule has 2 aromatic carbocycles. The second-order valence-corrected chi connectivity index (χ2v) is 5.99. The van der Waals surface area contributed by atoms with E-state index in [1.807, 2.05) is 24.3 Å². The maximum Gasteiger partial charge on any atom is 0.312 e. The smallest absolute Gasteiger partial charge is 0.312 e. The van der Waals surface area contributed by atoms with E-state index in [9.17, 15) is 15.2 Å². The zero-order valence-electron chi connectivity index (χ0n) is 12.1. The van der Waals surface area contributed by atoms with Gasteiger partial charge in [-0.05, 0) is 59.0 Å². The number of non-ortho nitro benzene ring substituents is 1. The third-order valence-electron chi connectivity index (χ3n) is 3.12. The fraction of sp³-hybridized carbons (Fsp3) is 0. The van der Waals surface area contributed by atoms with E-state index >= 15 is 0 Å². The lowest BCUT2D eigenvalue weighted by molar-refractivity contribution is -0.384. The number of nitrogens with zero attached hydrogens (tertiary/aromatic N) is 3. The van der Waals surface area contributed by atoms with E-state index in [0.29, 0.717) is 5.56 Å². The first kappa shape index (κ1) is 16.1. The predicted octanol–water partition coefficient (Wildman–Crippen LogP) is 4.31. The second kappa shape index (κ2) is 6.79. The molecule has 0 bridgehead atoms. The normalized spacial score (nSPS) is 11.0.